The summed E-state index contributed by atoms with van der Waals surface area (Å²) in [4.78, 5) is 3.99. The molecule has 2 aromatic rings. The Balaban J connectivity index is 2.09. The first kappa shape index (κ1) is 12.7. The van der Waals surface area contributed by atoms with E-state index in [2.05, 4.69) is 9.72 Å². The number of nitrogens with zero attached hydrogens (tertiary/aromatic N) is 1. The highest BCUT2D eigenvalue weighted by molar-refractivity contribution is 5.76. The fourth-order valence-corrected chi connectivity index (χ4v) is 1.34. The summed E-state index contributed by atoms with van der Waals surface area (Å²) in [6.07, 6.45) is -6.26. The van der Waals surface area contributed by atoms with Crippen molar-refractivity contribution >= 4 is 16.8 Å². The van der Waals surface area contributed by atoms with Crippen molar-refractivity contribution < 1.29 is 22.3 Å². The molecule has 1 heterocycles. The number of ether oxygens (including phenoxy) is 1. The lowest BCUT2D eigenvalue weighted by Gasteiger charge is -2.14. The van der Waals surface area contributed by atoms with Crippen LogP contribution in [-0.4, -0.2) is 17.3 Å². The second kappa shape index (κ2) is 4.49. The van der Waals surface area contributed by atoms with Crippen LogP contribution in [0.3, 0.4) is 0 Å². The molecular weight excluding hydrogens is 249 g/mol. The van der Waals surface area contributed by atoms with E-state index in [0.717, 1.165) is 6.92 Å². The maximum atomic E-state index is 12.2. The Labute approximate surface area is 101 Å². The van der Waals surface area contributed by atoms with Crippen LogP contribution in [0.1, 0.15) is 12.8 Å². The highest BCUT2D eigenvalue weighted by Gasteiger charge is 2.37. The van der Waals surface area contributed by atoms with E-state index in [0.29, 0.717) is 16.8 Å². The summed E-state index contributed by atoms with van der Waals surface area (Å²) in [7, 11) is 0. The lowest BCUT2D eigenvalue weighted by atomic mass is 10.3. The normalized spacial score (nSPS) is 14.0. The molecule has 0 aliphatic rings. The Hall–Kier alpha value is -1.76. The third kappa shape index (κ3) is 2.73. The molecule has 0 aliphatic carbocycles. The molecule has 98 valence electrons. The van der Waals surface area contributed by atoms with Crippen LogP contribution in [0.15, 0.2) is 22.6 Å². The Bertz CT molecular complexity index is 551. The molecule has 7 heteroatoms. The molecule has 0 aliphatic heterocycles. The molecular formula is C11H11F3N2O2. The van der Waals surface area contributed by atoms with Crippen molar-refractivity contribution in [3.8, 4) is 0 Å². The summed E-state index contributed by atoms with van der Waals surface area (Å²) in [6.45, 7) is 0.593. The monoisotopic (exact) mass is 260 g/mol. The van der Waals surface area contributed by atoms with Crippen LogP contribution in [0.5, 0.6) is 0 Å². The number of alkyl halides is 3. The Kier molecular flexibility index (Phi) is 3.16. The molecule has 0 spiro atoms. The second-order valence-electron chi connectivity index (χ2n) is 3.83. The van der Waals surface area contributed by atoms with Gasteiger partial charge in [-0.1, -0.05) is 0 Å². The van der Waals surface area contributed by atoms with E-state index in [1.54, 1.807) is 18.2 Å². The van der Waals surface area contributed by atoms with Crippen LogP contribution in [0.2, 0.25) is 0 Å². The van der Waals surface area contributed by atoms with Crippen molar-refractivity contribution in [1.29, 1.82) is 0 Å². The third-order valence-corrected chi connectivity index (χ3v) is 2.37. The second-order valence-corrected chi connectivity index (χ2v) is 3.83. The first-order chi connectivity index (χ1) is 8.36. The van der Waals surface area contributed by atoms with Crippen LogP contribution in [0.25, 0.3) is 11.1 Å². The molecule has 2 rings (SSSR count). The van der Waals surface area contributed by atoms with Crippen LogP contribution in [0, 0.1) is 0 Å². The van der Waals surface area contributed by atoms with E-state index < -0.39 is 12.3 Å². The minimum Gasteiger partial charge on any atom is -0.438 e. The van der Waals surface area contributed by atoms with E-state index in [1.165, 1.54) is 0 Å². The van der Waals surface area contributed by atoms with Crippen molar-refractivity contribution in [2.75, 3.05) is 5.73 Å². The van der Waals surface area contributed by atoms with Crippen molar-refractivity contribution in [3.63, 3.8) is 0 Å². The van der Waals surface area contributed by atoms with Gasteiger partial charge in [0.1, 0.15) is 12.1 Å². The Morgan fingerprint density at radius 1 is 1.44 bits per heavy atom. The molecule has 1 aromatic heterocycles. The van der Waals surface area contributed by atoms with Crippen LogP contribution >= 0.6 is 0 Å². The molecule has 18 heavy (non-hydrogen) atoms. The standard InChI is InChI=1S/C11H11F3N2O2/c1-6(11(12,13)14)17-5-10-16-8-4-7(15)2-3-9(8)18-10/h2-4,6H,5,15H2,1H3. The third-order valence-electron chi connectivity index (χ3n) is 2.37. The molecule has 0 amide bonds. The zero-order chi connectivity index (χ0) is 13.3. The van der Waals surface area contributed by atoms with E-state index in [1.807, 2.05) is 0 Å². The average Bonchev–Trinajstić information content (AvgIpc) is 2.66. The van der Waals surface area contributed by atoms with Crippen LogP contribution < -0.4 is 5.73 Å². The number of benzene rings is 1. The molecule has 4 nitrogen and oxygen atoms in total. The van der Waals surface area contributed by atoms with E-state index >= 15 is 0 Å². The molecule has 0 saturated heterocycles. The van der Waals surface area contributed by atoms with Gasteiger partial charge >= 0.3 is 6.18 Å². The lowest BCUT2D eigenvalue weighted by molar-refractivity contribution is -0.218. The van der Waals surface area contributed by atoms with E-state index in [-0.39, 0.29) is 12.5 Å². The summed E-state index contributed by atoms with van der Waals surface area (Å²) >= 11 is 0. The van der Waals surface area contributed by atoms with Crippen molar-refractivity contribution in [1.82, 2.24) is 4.98 Å². The molecule has 1 aromatic carbocycles. The summed E-state index contributed by atoms with van der Waals surface area (Å²) in [6, 6.07) is 4.81. The van der Waals surface area contributed by atoms with Crippen molar-refractivity contribution in [2.24, 2.45) is 0 Å². The molecule has 2 N–H and O–H groups in total. The zero-order valence-corrected chi connectivity index (χ0v) is 9.49. The lowest BCUT2D eigenvalue weighted by Crippen LogP contribution is -2.28. The fourth-order valence-electron chi connectivity index (χ4n) is 1.34. The number of hydrogen-bond acceptors (Lipinski definition) is 4. The predicted molar refractivity (Wildman–Crippen MR) is 58.7 cm³/mol. The molecule has 1 atom stereocenters. The summed E-state index contributed by atoms with van der Waals surface area (Å²) < 4.78 is 46.5. The van der Waals surface area contributed by atoms with Gasteiger partial charge < -0.3 is 14.9 Å². The number of rotatable bonds is 3. The van der Waals surface area contributed by atoms with Gasteiger partial charge in [-0.05, 0) is 25.1 Å². The van der Waals surface area contributed by atoms with Gasteiger partial charge in [0.05, 0.1) is 0 Å². The maximum Gasteiger partial charge on any atom is 0.414 e. The SMILES string of the molecule is CC(OCc1nc2cc(N)ccc2o1)C(F)(F)F. The number of fused-ring (bicyclic) bond motifs is 1. The topological polar surface area (TPSA) is 61.3 Å². The van der Waals surface area contributed by atoms with Gasteiger partial charge in [-0.3, -0.25) is 0 Å². The first-order valence-electron chi connectivity index (χ1n) is 5.19. The van der Waals surface area contributed by atoms with Crippen LogP contribution in [0.4, 0.5) is 18.9 Å². The quantitative estimate of drug-likeness (QED) is 0.862. The summed E-state index contributed by atoms with van der Waals surface area (Å²) in [5.41, 5.74) is 7.01. The minimum atomic E-state index is -4.39. The van der Waals surface area contributed by atoms with Gasteiger partial charge in [0, 0.05) is 5.69 Å². The Morgan fingerprint density at radius 3 is 2.83 bits per heavy atom. The van der Waals surface area contributed by atoms with E-state index in [4.69, 9.17) is 10.2 Å². The van der Waals surface area contributed by atoms with Gasteiger partial charge in [0.25, 0.3) is 0 Å². The number of hydrogen-bond donors (Lipinski definition) is 1. The van der Waals surface area contributed by atoms with Gasteiger partial charge in [-0.15, -0.1) is 0 Å². The summed E-state index contributed by atoms with van der Waals surface area (Å²) in [5, 5.41) is 0. The molecule has 1 unspecified atom stereocenters. The van der Waals surface area contributed by atoms with Gasteiger partial charge in [-0.25, -0.2) is 4.98 Å². The number of nitrogens with two attached hydrogens (primary N) is 1. The first-order valence-corrected chi connectivity index (χ1v) is 5.19. The summed E-state index contributed by atoms with van der Waals surface area (Å²) in [5.74, 6) is 0.0895. The highest BCUT2D eigenvalue weighted by Crippen LogP contribution is 2.24. The largest absolute Gasteiger partial charge is 0.438 e. The minimum absolute atomic E-state index is 0.0895. The number of halogens is 3. The van der Waals surface area contributed by atoms with Crippen molar-refractivity contribution in [3.05, 3.63) is 24.1 Å². The number of anilines is 1. The number of nitrogen functional groups attached to an aromatic ring is 1. The molecule has 0 radical (unpaired) electrons. The average molecular weight is 260 g/mol. The van der Waals surface area contributed by atoms with Crippen LogP contribution in [-0.2, 0) is 11.3 Å². The predicted octanol–water partition coefficient (Wildman–Crippen LogP) is 2.88. The van der Waals surface area contributed by atoms with Crippen molar-refractivity contribution in [2.45, 2.75) is 25.8 Å². The number of aromatic nitrogens is 1. The number of oxazole rings is 1. The molecule has 0 saturated carbocycles. The zero-order valence-electron chi connectivity index (χ0n) is 9.49. The molecule has 0 fully saturated rings. The van der Waals surface area contributed by atoms with Gasteiger partial charge in [0.2, 0.25) is 5.89 Å². The fraction of sp³-hybridized carbons (Fsp3) is 0.364. The van der Waals surface area contributed by atoms with E-state index in [9.17, 15) is 13.2 Å². The smallest absolute Gasteiger partial charge is 0.414 e. The highest BCUT2D eigenvalue weighted by atomic mass is 19.4. The molecule has 0 bridgehead atoms. The van der Waals surface area contributed by atoms with Gasteiger partial charge in [-0.2, -0.15) is 13.2 Å². The Morgan fingerprint density at radius 2 is 2.17 bits per heavy atom. The van der Waals surface area contributed by atoms with Gasteiger partial charge in [0.15, 0.2) is 11.7 Å². The maximum absolute atomic E-state index is 12.2.